The molecule has 42 heavy (non-hydrogen) atoms. The third-order valence-electron chi connectivity index (χ3n) is 8.88. The molecule has 1 fully saturated rings. The molecule has 4 nitrogen and oxygen atoms in total. The van der Waals surface area contributed by atoms with Crippen LogP contribution in [0.1, 0.15) is 70.3 Å². The highest BCUT2D eigenvalue weighted by atomic mass is 35.5. The highest BCUT2D eigenvalue weighted by Crippen LogP contribution is 2.29. The number of fused-ring (bicyclic) bond motifs is 3. The van der Waals surface area contributed by atoms with Gasteiger partial charge in [-0.05, 0) is 75.0 Å². The Hall–Kier alpha value is -2.53. The summed E-state index contributed by atoms with van der Waals surface area (Å²) >= 11 is 0. The summed E-state index contributed by atoms with van der Waals surface area (Å²) < 4.78 is 8.48. The minimum absolute atomic E-state index is 0. The standard InChI is InChI=1S/C37H51N3O.ClH/c1-2-3-4-5-6-13-31-41-33-22-20-32(21-23-33)15-14-25-39-29-27-38(28-30-39)24-11-12-26-40-36-18-9-7-16-34(36)35-17-8-10-19-37(35)40;/h7-10,16-23H,2-6,11-15,24-31H2,1H3;1H. The first kappa shape index (κ1) is 32.4. The van der Waals surface area contributed by atoms with E-state index in [1.54, 1.807) is 0 Å². The average molecular weight is 590 g/mol. The minimum atomic E-state index is 0. The van der Waals surface area contributed by atoms with Crippen LogP contribution in [0, 0.1) is 0 Å². The first-order chi connectivity index (χ1) is 20.3. The van der Waals surface area contributed by atoms with Crippen molar-refractivity contribution in [3.63, 3.8) is 0 Å². The van der Waals surface area contributed by atoms with Gasteiger partial charge in [-0.25, -0.2) is 0 Å². The molecule has 228 valence electrons. The lowest BCUT2D eigenvalue weighted by molar-refractivity contribution is 0.129. The van der Waals surface area contributed by atoms with Crippen molar-refractivity contribution in [2.45, 2.75) is 77.7 Å². The smallest absolute Gasteiger partial charge is 0.119 e. The Labute approximate surface area is 260 Å². The van der Waals surface area contributed by atoms with E-state index in [9.17, 15) is 0 Å². The monoisotopic (exact) mass is 589 g/mol. The number of para-hydroxylation sites is 2. The van der Waals surface area contributed by atoms with Gasteiger partial charge < -0.3 is 19.1 Å². The second kappa shape index (κ2) is 17.6. The molecule has 0 radical (unpaired) electrons. The van der Waals surface area contributed by atoms with Gasteiger partial charge in [-0.3, -0.25) is 0 Å². The highest BCUT2D eigenvalue weighted by Gasteiger charge is 2.16. The van der Waals surface area contributed by atoms with E-state index >= 15 is 0 Å². The minimum Gasteiger partial charge on any atom is -0.494 e. The molecule has 1 aliphatic rings. The zero-order chi connectivity index (χ0) is 28.1. The molecule has 4 aromatic rings. The van der Waals surface area contributed by atoms with Crippen molar-refractivity contribution in [2.75, 3.05) is 45.9 Å². The number of hydrogen-bond donors (Lipinski definition) is 0. The van der Waals surface area contributed by atoms with Crippen molar-refractivity contribution in [1.29, 1.82) is 0 Å². The van der Waals surface area contributed by atoms with Crippen LogP contribution in [-0.4, -0.2) is 60.2 Å². The number of benzene rings is 3. The van der Waals surface area contributed by atoms with E-state index in [2.05, 4.69) is 94.1 Å². The average Bonchev–Trinajstić information content (AvgIpc) is 3.34. The number of aromatic nitrogens is 1. The Balaban J connectivity index is 0.00000405. The van der Waals surface area contributed by atoms with Crippen LogP contribution in [-0.2, 0) is 13.0 Å². The van der Waals surface area contributed by atoms with Crippen molar-refractivity contribution >= 4 is 34.2 Å². The summed E-state index contributed by atoms with van der Waals surface area (Å²) in [6, 6.07) is 26.6. The maximum Gasteiger partial charge on any atom is 0.119 e. The quantitative estimate of drug-likeness (QED) is 0.115. The Morgan fingerprint density at radius 3 is 1.76 bits per heavy atom. The molecule has 5 rings (SSSR count). The predicted octanol–water partition coefficient (Wildman–Crippen LogP) is 8.99. The number of aryl methyl sites for hydroxylation is 2. The van der Waals surface area contributed by atoms with Crippen molar-refractivity contribution in [3.05, 3.63) is 78.4 Å². The first-order valence-corrected chi connectivity index (χ1v) is 16.4. The van der Waals surface area contributed by atoms with E-state index in [0.717, 1.165) is 25.3 Å². The summed E-state index contributed by atoms with van der Waals surface area (Å²) in [5.41, 5.74) is 4.17. The molecule has 0 unspecified atom stereocenters. The number of ether oxygens (including phenoxy) is 1. The number of piperazine rings is 1. The fraction of sp³-hybridized carbons (Fsp3) is 0.514. The molecule has 0 spiro atoms. The molecule has 5 heteroatoms. The highest BCUT2D eigenvalue weighted by molar-refractivity contribution is 6.07. The SMILES string of the molecule is CCCCCCCCOc1ccc(CCCN2CCN(CCCCn3c4ccccc4c4ccccc43)CC2)cc1.Cl. The molecule has 0 bridgehead atoms. The normalized spacial score (nSPS) is 14.4. The number of rotatable bonds is 17. The largest absolute Gasteiger partial charge is 0.494 e. The van der Waals surface area contributed by atoms with Crippen LogP contribution in [0.4, 0.5) is 0 Å². The Kier molecular flexibility index (Phi) is 13.5. The van der Waals surface area contributed by atoms with Gasteiger partial charge >= 0.3 is 0 Å². The lowest BCUT2D eigenvalue weighted by atomic mass is 10.1. The molecule has 2 heterocycles. The number of nitrogens with zero attached hydrogens (tertiary/aromatic N) is 3. The van der Waals surface area contributed by atoms with Gasteiger partial charge in [-0.1, -0.05) is 87.6 Å². The number of halogens is 1. The van der Waals surface area contributed by atoms with Crippen LogP contribution in [0.15, 0.2) is 72.8 Å². The second-order valence-electron chi connectivity index (χ2n) is 11.9. The van der Waals surface area contributed by atoms with Crippen LogP contribution >= 0.6 is 12.4 Å². The van der Waals surface area contributed by atoms with E-state index in [4.69, 9.17) is 4.74 Å². The van der Waals surface area contributed by atoms with Gasteiger partial charge in [0.25, 0.3) is 0 Å². The first-order valence-electron chi connectivity index (χ1n) is 16.4. The van der Waals surface area contributed by atoms with Crippen LogP contribution in [0.2, 0.25) is 0 Å². The summed E-state index contributed by atoms with van der Waals surface area (Å²) in [5.74, 6) is 1.02. The molecular weight excluding hydrogens is 538 g/mol. The van der Waals surface area contributed by atoms with Crippen LogP contribution in [0.25, 0.3) is 21.8 Å². The van der Waals surface area contributed by atoms with Crippen molar-refractivity contribution in [3.8, 4) is 5.75 Å². The summed E-state index contributed by atoms with van der Waals surface area (Å²) in [6.45, 7) is 11.5. The Bertz CT molecular complexity index is 1260. The topological polar surface area (TPSA) is 20.6 Å². The summed E-state index contributed by atoms with van der Waals surface area (Å²) in [6.07, 6.45) is 12.7. The fourth-order valence-corrected chi connectivity index (χ4v) is 6.42. The molecule has 0 N–H and O–H groups in total. The van der Waals surface area contributed by atoms with Gasteiger partial charge in [-0.15, -0.1) is 12.4 Å². The molecule has 0 atom stereocenters. The van der Waals surface area contributed by atoms with E-state index < -0.39 is 0 Å². The van der Waals surface area contributed by atoms with Gasteiger partial charge in [0.2, 0.25) is 0 Å². The Morgan fingerprint density at radius 1 is 0.571 bits per heavy atom. The van der Waals surface area contributed by atoms with Gasteiger partial charge in [0.15, 0.2) is 0 Å². The van der Waals surface area contributed by atoms with Crippen LogP contribution in [0.5, 0.6) is 5.75 Å². The van der Waals surface area contributed by atoms with Gasteiger partial charge in [0, 0.05) is 54.5 Å². The molecule has 1 aliphatic heterocycles. The maximum atomic E-state index is 5.95. The molecule has 0 amide bonds. The molecule has 1 aromatic heterocycles. The lowest BCUT2D eigenvalue weighted by Gasteiger charge is -2.34. The third-order valence-corrected chi connectivity index (χ3v) is 8.88. The predicted molar refractivity (Wildman–Crippen MR) is 182 cm³/mol. The zero-order valence-electron chi connectivity index (χ0n) is 25.8. The molecule has 3 aromatic carbocycles. The van der Waals surface area contributed by atoms with Gasteiger partial charge in [0.05, 0.1) is 6.61 Å². The molecular formula is C37H52ClN3O. The summed E-state index contributed by atoms with van der Waals surface area (Å²) in [4.78, 5) is 5.33. The number of unbranched alkanes of at least 4 members (excludes halogenated alkanes) is 6. The maximum absolute atomic E-state index is 5.95. The zero-order valence-corrected chi connectivity index (χ0v) is 26.6. The van der Waals surface area contributed by atoms with E-state index in [1.807, 2.05) is 0 Å². The number of hydrogen-bond acceptors (Lipinski definition) is 3. The van der Waals surface area contributed by atoms with Crippen LogP contribution in [0.3, 0.4) is 0 Å². The van der Waals surface area contributed by atoms with Crippen molar-refractivity contribution in [2.24, 2.45) is 0 Å². The molecule has 1 saturated heterocycles. The Morgan fingerprint density at radius 2 is 1.12 bits per heavy atom. The van der Waals surface area contributed by atoms with Gasteiger partial charge in [0.1, 0.15) is 5.75 Å². The van der Waals surface area contributed by atoms with E-state index in [0.29, 0.717) is 0 Å². The molecule has 0 aliphatic carbocycles. The van der Waals surface area contributed by atoms with Crippen molar-refractivity contribution < 1.29 is 4.74 Å². The van der Waals surface area contributed by atoms with Crippen LogP contribution < -0.4 is 4.74 Å². The summed E-state index contributed by atoms with van der Waals surface area (Å²) in [5, 5.41) is 2.76. The second-order valence-corrected chi connectivity index (χ2v) is 11.9. The van der Waals surface area contributed by atoms with E-state index in [1.165, 1.54) is 124 Å². The lowest BCUT2D eigenvalue weighted by Crippen LogP contribution is -2.46. The fourth-order valence-electron chi connectivity index (χ4n) is 6.42. The van der Waals surface area contributed by atoms with E-state index in [-0.39, 0.29) is 12.4 Å². The molecule has 0 saturated carbocycles. The van der Waals surface area contributed by atoms with Crippen molar-refractivity contribution in [1.82, 2.24) is 14.4 Å². The third kappa shape index (κ3) is 9.23. The summed E-state index contributed by atoms with van der Waals surface area (Å²) in [7, 11) is 0. The van der Waals surface area contributed by atoms with Gasteiger partial charge in [-0.2, -0.15) is 0 Å².